The van der Waals surface area contributed by atoms with Gasteiger partial charge in [0, 0.05) is 6.07 Å². The van der Waals surface area contributed by atoms with Crippen LogP contribution in [0.2, 0.25) is 0 Å². The number of carbonyl (C=O) groups is 3. The van der Waals surface area contributed by atoms with Gasteiger partial charge < -0.3 is 9.84 Å². The molecule has 1 aromatic heterocycles. The van der Waals surface area contributed by atoms with Gasteiger partial charge in [-0.25, -0.2) is 9.69 Å². The predicted octanol–water partition coefficient (Wildman–Crippen LogP) is -0.471. The number of anilines is 1. The number of carboxylic acid groups (broad SMARTS) is 1. The smallest absolute Gasteiger partial charge is 0.353 e. The molecule has 2 atom stereocenters. The highest BCUT2D eigenvalue weighted by Gasteiger charge is 2.47. The Balaban J connectivity index is 1.97. The number of nitrogens with zero attached hydrogens (tertiary/aromatic N) is 2. The highest BCUT2D eigenvalue weighted by molar-refractivity contribution is 6.19. The summed E-state index contributed by atoms with van der Waals surface area (Å²) in [6, 6.07) is 1.16. The number of nitrogens with one attached hydrogen (secondary N) is 1. The van der Waals surface area contributed by atoms with Gasteiger partial charge in [-0.1, -0.05) is 0 Å². The van der Waals surface area contributed by atoms with Crippen LogP contribution in [-0.4, -0.2) is 45.3 Å². The molecule has 2 aliphatic rings. The van der Waals surface area contributed by atoms with E-state index < -0.39 is 30.0 Å². The molecule has 2 fully saturated rings. The molecular formula is C10H9N3O5. The van der Waals surface area contributed by atoms with E-state index in [2.05, 4.69) is 10.2 Å². The van der Waals surface area contributed by atoms with Gasteiger partial charge in [0.1, 0.15) is 17.9 Å². The number of rotatable bonds is 2. The Morgan fingerprint density at radius 3 is 2.50 bits per heavy atom. The first-order chi connectivity index (χ1) is 8.58. The number of aromatic amines is 1. The fraction of sp³-hybridized carbons (Fsp3) is 0.400. The summed E-state index contributed by atoms with van der Waals surface area (Å²) < 4.78 is 5.23. The van der Waals surface area contributed by atoms with Gasteiger partial charge >= 0.3 is 5.97 Å². The zero-order valence-electron chi connectivity index (χ0n) is 9.12. The lowest BCUT2D eigenvalue weighted by molar-refractivity contribution is -0.146. The zero-order chi connectivity index (χ0) is 12.9. The summed E-state index contributed by atoms with van der Waals surface area (Å²) >= 11 is 0. The number of aromatic nitrogens is 2. The number of aromatic carboxylic acids is 1. The number of hydrogen-bond donors (Lipinski definition) is 2. The normalized spacial score (nSPS) is 26.8. The standard InChI is InChI=1S/C10H9N3O5/c14-8-5-1-2-6(18-5)9(15)13(8)7-3-4(10(16)17)11-12-7/h3,5-6H,1-2H2,(H,11,12)(H,16,17). The molecule has 2 saturated heterocycles. The van der Waals surface area contributed by atoms with Crippen molar-refractivity contribution in [1.29, 1.82) is 0 Å². The molecule has 0 aliphatic carbocycles. The van der Waals surface area contributed by atoms with Crippen molar-refractivity contribution in [2.45, 2.75) is 25.0 Å². The molecule has 94 valence electrons. The van der Waals surface area contributed by atoms with Gasteiger partial charge in [-0.05, 0) is 12.8 Å². The van der Waals surface area contributed by atoms with Crippen molar-refractivity contribution in [1.82, 2.24) is 10.2 Å². The molecule has 1 aromatic rings. The quantitative estimate of drug-likeness (QED) is 0.687. The molecule has 2 unspecified atom stereocenters. The maximum Gasteiger partial charge on any atom is 0.353 e. The molecule has 0 radical (unpaired) electrons. The van der Waals surface area contributed by atoms with Gasteiger partial charge in [0.25, 0.3) is 11.8 Å². The largest absolute Gasteiger partial charge is 0.477 e. The first-order valence-corrected chi connectivity index (χ1v) is 5.40. The Bertz CT molecular complexity index is 529. The van der Waals surface area contributed by atoms with E-state index in [-0.39, 0.29) is 11.5 Å². The van der Waals surface area contributed by atoms with Crippen LogP contribution in [0.25, 0.3) is 0 Å². The van der Waals surface area contributed by atoms with Crippen LogP contribution in [0.5, 0.6) is 0 Å². The molecule has 2 aliphatic heterocycles. The minimum absolute atomic E-state index is 0.00241. The molecule has 2 amide bonds. The summed E-state index contributed by atoms with van der Waals surface area (Å²) in [6.07, 6.45) is -0.250. The first-order valence-electron chi connectivity index (χ1n) is 5.40. The highest BCUT2D eigenvalue weighted by atomic mass is 16.5. The van der Waals surface area contributed by atoms with E-state index in [1.54, 1.807) is 0 Å². The van der Waals surface area contributed by atoms with E-state index in [0.29, 0.717) is 12.8 Å². The van der Waals surface area contributed by atoms with E-state index in [4.69, 9.17) is 9.84 Å². The fourth-order valence-corrected chi connectivity index (χ4v) is 2.16. The summed E-state index contributed by atoms with van der Waals surface area (Å²) in [7, 11) is 0. The number of carbonyl (C=O) groups excluding carboxylic acids is 2. The maximum atomic E-state index is 12.0. The Kier molecular flexibility index (Phi) is 2.20. The number of amides is 2. The van der Waals surface area contributed by atoms with Crippen molar-refractivity contribution in [2.75, 3.05) is 4.90 Å². The van der Waals surface area contributed by atoms with Crippen molar-refractivity contribution >= 4 is 23.6 Å². The number of ether oxygens (including phenoxy) is 1. The van der Waals surface area contributed by atoms with Gasteiger partial charge in [-0.2, -0.15) is 5.10 Å². The lowest BCUT2D eigenvalue weighted by Gasteiger charge is -2.27. The second kappa shape index (κ2) is 3.64. The van der Waals surface area contributed by atoms with Crippen LogP contribution in [0.3, 0.4) is 0 Å². The van der Waals surface area contributed by atoms with Crippen molar-refractivity contribution < 1.29 is 24.2 Å². The van der Waals surface area contributed by atoms with Crippen LogP contribution >= 0.6 is 0 Å². The molecule has 3 rings (SSSR count). The number of carboxylic acids is 1. The van der Waals surface area contributed by atoms with E-state index in [1.807, 2.05) is 0 Å². The van der Waals surface area contributed by atoms with E-state index in [0.717, 1.165) is 11.0 Å². The average Bonchev–Trinajstić information content (AvgIpc) is 2.95. The summed E-state index contributed by atoms with van der Waals surface area (Å²) in [5.74, 6) is -2.18. The monoisotopic (exact) mass is 251 g/mol. The highest BCUT2D eigenvalue weighted by Crippen LogP contribution is 2.31. The molecule has 0 aromatic carbocycles. The molecule has 0 saturated carbocycles. The van der Waals surface area contributed by atoms with Crippen LogP contribution in [0.15, 0.2) is 6.07 Å². The summed E-state index contributed by atoms with van der Waals surface area (Å²) in [6.45, 7) is 0. The molecule has 8 heteroatoms. The zero-order valence-corrected chi connectivity index (χ0v) is 9.12. The predicted molar refractivity (Wildman–Crippen MR) is 55.9 cm³/mol. The second-order valence-corrected chi connectivity index (χ2v) is 4.15. The lowest BCUT2D eigenvalue weighted by Crippen LogP contribution is -2.52. The third-order valence-corrected chi connectivity index (χ3v) is 3.04. The molecule has 8 nitrogen and oxygen atoms in total. The average molecular weight is 251 g/mol. The second-order valence-electron chi connectivity index (χ2n) is 4.15. The van der Waals surface area contributed by atoms with Crippen molar-refractivity contribution in [3.8, 4) is 0 Å². The van der Waals surface area contributed by atoms with Crippen LogP contribution in [-0.2, 0) is 14.3 Å². The Morgan fingerprint density at radius 1 is 1.39 bits per heavy atom. The van der Waals surface area contributed by atoms with Crippen molar-refractivity contribution in [3.05, 3.63) is 11.8 Å². The van der Waals surface area contributed by atoms with E-state index in [1.165, 1.54) is 0 Å². The Morgan fingerprint density at radius 2 is 2.00 bits per heavy atom. The van der Waals surface area contributed by atoms with Crippen LogP contribution in [0.1, 0.15) is 23.3 Å². The van der Waals surface area contributed by atoms with Crippen LogP contribution in [0.4, 0.5) is 5.82 Å². The van der Waals surface area contributed by atoms with E-state index >= 15 is 0 Å². The number of hydrogen-bond acceptors (Lipinski definition) is 5. The minimum atomic E-state index is -1.20. The van der Waals surface area contributed by atoms with Gasteiger partial charge in [0.05, 0.1) is 0 Å². The molecular weight excluding hydrogens is 242 g/mol. The van der Waals surface area contributed by atoms with Gasteiger partial charge in [-0.3, -0.25) is 14.7 Å². The minimum Gasteiger partial charge on any atom is -0.477 e. The van der Waals surface area contributed by atoms with Crippen molar-refractivity contribution in [2.24, 2.45) is 0 Å². The molecule has 0 spiro atoms. The third-order valence-electron chi connectivity index (χ3n) is 3.04. The van der Waals surface area contributed by atoms with Gasteiger partial charge in [0.15, 0.2) is 5.82 Å². The topological polar surface area (TPSA) is 113 Å². The molecule has 3 heterocycles. The summed E-state index contributed by atoms with van der Waals surface area (Å²) in [4.78, 5) is 35.5. The first kappa shape index (κ1) is 10.9. The van der Waals surface area contributed by atoms with Crippen molar-refractivity contribution in [3.63, 3.8) is 0 Å². The summed E-state index contributed by atoms with van der Waals surface area (Å²) in [5, 5.41) is 14.7. The van der Waals surface area contributed by atoms with E-state index in [9.17, 15) is 14.4 Å². The fourth-order valence-electron chi connectivity index (χ4n) is 2.16. The molecule has 2 bridgehead atoms. The SMILES string of the molecule is O=C(O)c1cc(N2C(=O)C3CCC(O3)C2=O)n[nH]1. The molecule has 18 heavy (non-hydrogen) atoms. The number of morpholine rings is 1. The summed E-state index contributed by atoms with van der Waals surface area (Å²) in [5.41, 5.74) is -0.176. The Hall–Kier alpha value is -2.22. The maximum absolute atomic E-state index is 12.0. The number of imide groups is 1. The number of H-pyrrole nitrogens is 1. The third kappa shape index (κ3) is 1.42. The van der Waals surface area contributed by atoms with Gasteiger partial charge in [0.2, 0.25) is 0 Å². The lowest BCUT2D eigenvalue weighted by atomic mass is 10.2. The van der Waals surface area contributed by atoms with Crippen LogP contribution < -0.4 is 4.90 Å². The number of fused-ring (bicyclic) bond motifs is 2. The molecule has 2 N–H and O–H groups in total. The Labute approximate surface area is 101 Å². The van der Waals surface area contributed by atoms with Gasteiger partial charge in [-0.15, -0.1) is 0 Å². The van der Waals surface area contributed by atoms with Crippen LogP contribution in [0, 0.1) is 0 Å².